The van der Waals surface area contributed by atoms with Crippen LogP contribution in [0.1, 0.15) is 15.9 Å². The van der Waals surface area contributed by atoms with Gasteiger partial charge in [-0.1, -0.05) is 34.1 Å². The summed E-state index contributed by atoms with van der Waals surface area (Å²) < 4.78 is 5.05. The number of nitrogens with one attached hydrogen (secondary N) is 1. The Balaban J connectivity index is 3.16. The minimum absolute atomic E-state index is 0.340. The lowest BCUT2D eigenvalue weighted by atomic mass is 10.1. The van der Waals surface area contributed by atoms with E-state index in [1.165, 1.54) is 0 Å². The Labute approximate surface area is 103 Å². The maximum atomic E-state index is 11.5. The van der Waals surface area contributed by atoms with E-state index < -0.39 is 0 Å². The maximum absolute atomic E-state index is 11.5. The molecule has 1 aromatic rings. The summed E-state index contributed by atoms with van der Waals surface area (Å²) in [6, 6.07) is 5.25. The molecule has 1 amide bonds. The molecule has 0 spiro atoms. The average molecular weight is 285 g/mol. The van der Waals surface area contributed by atoms with Crippen LogP contribution in [0.5, 0.6) is 5.75 Å². The van der Waals surface area contributed by atoms with Gasteiger partial charge in [0.2, 0.25) is 0 Å². The van der Waals surface area contributed by atoms with Crippen LogP contribution in [0.15, 0.2) is 24.3 Å². The van der Waals surface area contributed by atoms with Gasteiger partial charge in [-0.3, -0.25) is 10.2 Å². The van der Waals surface area contributed by atoms with Crippen LogP contribution in [0.2, 0.25) is 0 Å². The first-order valence-corrected chi connectivity index (χ1v) is 5.76. The highest BCUT2D eigenvalue weighted by Crippen LogP contribution is 2.19. The monoisotopic (exact) mass is 284 g/mol. The van der Waals surface area contributed by atoms with Crippen LogP contribution < -0.4 is 16.0 Å². The van der Waals surface area contributed by atoms with Gasteiger partial charge in [0.15, 0.2) is 0 Å². The van der Waals surface area contributed by atoms with Gasteiger partial charge in [0.05, 0.1) is 12.7 Å². The van der Waals surface area contributed by atoms with Crippen molar-refractivity contribution >= 4 is 27.9 Å². The molecule has 0 aliphatic carbocycles. The number of halogens is 1. The molecule has 0 radical (unpaired) electrons. The van der Waals surface area contributed by atoms with Crippen LogP contribution in [-0.2, 0) is 0 Å². The zero-order valence-corrected chi connectivity index (χ0v) is 10.5. The first kappa shape index (κ1) is 12.7. The van der Waals surface area contributed by atoms with Crippen LogP contribution >= 0.6 is 15.9 Å². The number of carbonyl (C=O) groups is 1. The molecule has 0 bridgehead atoms. The van der Waals surface area contributed by atoms with E-state index in [1.54, 1.807) is 19.2 Å². The number of methoxy groups -OCH3 is 1. The molecule has 0 saturated heterocycles. The minimum Gasteiger partial charge on any atom is -0.497 e. The molecule has 1 aromatic carbocycles. The fourth-order valence-corrected chi connectivity index (χ4v) is 1.44. The van der Waals surface area contributed by atoms with E-state index in [4.69, 9.17) is 10.6 Å². The second kappa shape index (κ2) is 6.30. The molecule has 5 heteroatoms. The van der Waals surface area contributed by atoms with Crippen molar-refractivity contribution in [2.45, 2.75) is 0 Å². The SMILES string of the molecule is COc1ccc(C=CCBr)c(C(=O)NN)c1. The van der Waals surface area contributed by atoms with Gasteiger partial charge in [-0.25, -0.2) is 5.84 Å². The number of nitrogens with two attached hydrogens (primary N) is 1. The number of ether oxygens (including phenoxy) is 1. The summed E-state index contributed by atoms with van der Waals surface area (Å²) >= 11 is 3.28. The quantitative estimate of drug-likeness (QED) is 0.383. The standard InChI is InChI=1S/C11H13BrN2O2/c1-16-9-5-4-8(3-2-6-12)10(7-9)11(15)14-13/h2-5,7H,6,13H2,1H3,(H,14,15). The molecule has 3 N–H and O–H groups in total. The molecule has 0 atom stereocenters. The van der Waals surface area contributed by atoms with Gasteiger partial charge in [-0.05, 0) is 17.7 Å². The zero-order chi connectivity index (χ0) is 12.0. The van der Waals surface area contributed by atoms with E-state index in [0.717, 1.165) is 10.9 Å². The van der Waals surface area contributed by atoms with Gasteiger partial charge < -0.3 is 4.74 Å². The van der Waals surface area contributed by atoms with Crippen LogP contribution in [0.4, 0.5) is 0 Å². The van der Waals surface area contributed by atoms with E-state index in [1.807, 2.05) is 18.2 Å². The summed E-state index contributed by atoms with van der Waals surface area (Å²) in [4.78, 5) is 11.5. The normalized spacial score (nSPS) is 10.4. The Hall–Kier alpha value is -1.33. The number of benzene rings is 1. The third-order valence-electron chi connectivity index (χ3n) is 2.02. The molecule has 0 fully saturated rings. The smallest absolute Gasteiger partial charge is 0.265 e. The second-order valence-corrected chi connectivity index (χ2v) is 3.63. The van der Waals surface area contributed by atoms with Crippen molar-refractivity contribution in [3.05, 3.63) is 35.4 Å². The first-order chi connectivity index (χ1) is 7.72. The molecule has 86 valence electrons. The summed E-state index contributed by atoms with van der Waals surface area (Å²) in [5.41, 5.74) is 3.39. The van der Waals surface area contributed by atoms with Crippen molar-refractivity contribution < 1.29 is 9.53 Å². The van der Waals surface area contributed by atoms with Crippen LogP contribution in [-0.4, -0.2) is 18.3 Å². The Morgan fingerprint density at radius 2 is 2.38 bits per heavy atom. The van der Waals surface area contributed by atoms with Gasteiger partial charge in [0, 0.05) is 5.33 Å². The number of hydrogen-bond acceptors (Lipinski definition) is 3. The topological polar surface area (TPSA) is 64.3 Å². The third kappa shape index (κ3) is 3.08. The maximum Gasteiger partial charge on any atom is 0.265 e. The third-order valence-corrected chi connectivity index (χ3v) is 2.40. The first-order valence-electron chi connectivity index (χ1n) is 4.64. The van der Waals surface area contributed by atoms with Crippen LogP contribution in [0.25, 0.3) is 6.08 Å². The Kier molecular flexibility index (Phi) is 5.01. The minimum atomic E-state index is -0.340. The van der Waals surface area contributed by atoms with Crippen LogP contribution in [0, 0.1) is 0 Å². The van der Waals surface area contributed by atoms with Gasteiger partial charge >= 0.3 is 0 Å². The highest BCUT2D eigenvalue weighted by molar-refractivity contribution is 9.09. The Bertz CT molecular complexity index is 405. The molecule has 0 aromatic heterocycles. The van der Waals surface area contributed by atoms with Gasteiger partial charge in [-0.2, -0.15) is 0 Å². The average Bonchev–Trinajstić information content (AvgIpc) is 2.35. The lowest BCUT2D eigenvalue weighted by Gasteiger charge is -2.07. The fourth-order valence-electron chi connectivity index (χ4n) is 1.25. The van der Waals surface area contributed by atoms with Gasteiger partial charge in [0.25, 0.3) is 5.91 Å². The largest absolute Gasteiger partial charge is 0.497 e. The van der Waals surface area contributed by atoms with Gasteiger partial charge in [-0.15, -0.1) is 0 Å². The molecule has 0 saturated carbocycles. The highest BCUT2D eigenvalue weighted by Gasteiger charge is 2.09. The number of hydrogen-bond donors (Lipinski definition) is 2. The zero-order valence-electron chi connectivity index (χ0n) is 8.87. The molecule has 1 rings (SSSR count). The van der Waals surface area contributed by atoms with Crippen molar-refractivity contribution in [3.63, 3.8) is 0 Å². The second-order valence-electron chi connectivity index (χ2n) is 2.98. The van der Waals surface area contributed by atoms with E-state index in [-0.39, 0.29) is 5.91 Å². The van der Waals surface area contributed by atoms with Crippen molar-refractivity contribution in [2.24, 2.45) is 5.84 Å². The summed E-state index contributed by atoms with van der Waals surface area (Å²) in [5, 5.41) is 0.725. The highest BCUT2D eigenvalue weighted by atomic mass is 79.9. The Morgan fingerprint density at radius 1 is 1.62 bits per heavy atom. The lowest BCUT2D eigenvalue weighted by Crippen LogP contribution is -2.30. The molecule has 0 aliphatic heterocycles. The number of alkyl halides is 1. The van der Waals surface area contributed by atoms with Crippen LogP contribution in [0.3, 0.4) is 0 Å². The fraction of sp³-hybridized carbons (Fsp3) is 0.182. The van der Waals surface area contributed by atoms with Gasteiger partial charge in [0.1, 0.15) is 5.75 Å². The molecule has 16 heavy (non-hydrogen) atoms. The molecule has 0 heterocycles. The molecule has 4 nitrogen and oxygen atoms in total. The van der Waals surface area contributed by atoms with Crippen molar-refractivity contribution in [1.82, 2.24) is 5.43 Å². The molecular formula is C11H13BrN2O2. The number of nitrogen functional groups attached to an aromatic ring is 1. The number of hydrazine groups is 1. The predicted molar refractivity (Wildman–Crippen MR) is 67.5 cm³/mol. The predicted octanol–water partition coefficient (Wildman–Crippen LogP) is 1.71. The summed E-state index contributed by atoms with van der Waals surface area (Å²) in [6.45, 7) is 0. The van der Waals surface area contributed by atoms with E-state index in [0.29, 0.717) is 11.3 Å². The van der Waals surface area contributed by atoms with E-state index in [9.17, 15) is 4.79 Å². The van der Waals surface area contributed by atoms with E-state index in [2.05, 4.69) is 21.4 Å². The summed E-state index contributed by atoms with van der Waals surface area (Å²) in [6.07, 6.45) is 3.74. The lowest BCUT2D eigenvalue weighted by molar-refractivity contribution is 0.0953. The van der Waals surface area contributed by atoms with Crippen molar-refractivity contribution in [1.29, 1.82) is 0 Å². The summed E-state index contributed by atoms with van der Waals surface area (Å²) in [5.74, 6) is 5.40. The van der Waals surface area contributed by atoms with Crippen molar-refractivity contribution in [3.8, 4) is 5.75 Å². The van der Waals surface area contributed by atoms with Crippen molar-refractivity contribution in [2.75, 3.05) is 12.4 Å². The molecule has 0 unspecified atom stereocenters. The van der Waals surface area contributed by atoms with E-state index >= 15 is 0 Å². The number of amides is 1. The Morgan fingerprint density at radius 3 is 2.94 bits per heavy atom. The number of rotatable bonds is 4. The summed E-state index contributed by atoms with van der Waals surface area (Å²) in [7, 11) is 1.55. The number of carbonyl (C=O) groups excluding carboxylic acids is 1. The molecular weight excluding hydrogens is 272 g/mol. The number of allylic oxidation sites excluding steroid dienone is 1. The molecule has 0 aliphatic rings.